The molecule has 3 heteroatoms. The minimum atomic E-state index is 0.487. The molecule has 0 saturated heterocycles. The van der Waals surface area contributed by atoms with Crippen molar-refractivity contribution in [3.63, 3.8) is 0 Å². The van der Waals surface area contributed by atoms with E-state index in [2.05, 4.69) is 46.9 Å². The molecule has 0 aliphatic heterocycles. The zero-order valence-corrected chi connectivity index (χ0v) is 12.1. The molecule has 3 rings (SSSR count). The van der Waals surface area contributed by atoms with Crippen LogP contribution in [-0.2, 0) is 0 Å². The minimum absolute atomic E-state index is 0.487. The SMILES string of the molecule is CC1CCC(CN)C(n2ccnc2-c2ccccc2)C1. The molecule has 3 unspecified atom stereocenters. The van der Waals surface area contributed by atoms with Crippen LogP contribution in [0.3, 0.4) is 0 Å². The van der Waals surface area contributed by atoms with Gasteiger partial charge in [-0.3, -0.25) is 0 Å². The summed E-state index contributed by atoms with van der Waals surface area (Å²) < 4.78 is 2.35. The Morgan fingerprint density at radius 3 is 2.80 bits per heavy atom. The van der Waals surface area contributed by atoms with Crippen molar-refractivity contribution in [2.75, 3.05) is 6.54 Å². The molecule has 1 aliphatic rings. The molecule has 1 heterocycles. The molecular formula is C17H23N3. The van der Waals surface area contributed by atoms with Crippen molar-refractivity contribution >= 4 is 0 Å². The summed E-state index contributed by atoms with van der Waals surface area (Å²) in [4.78, 5) is 4.58. The highest BCUT2D eigenvalue weighted by Crippen LogP contribution is 2.38. The zero-order valence-electron chi connectivity index (χ0n) is 12.1. The van der Waals surface area contributed by atoms with Gasteiger partial charge in [0.1, 0.15) is 5.82 Å². The van der Waals surface area contributed by atoms with Crippen LogP contribution < -0.4 is 5.73 Å². The van der Waals surface area contributed by atoms with Gasteiger partial charge in [-0.1, -0.05) is 43.7 Å². The second kappa shape index (κ2) is 5.80. The standard InChI is InChI=1S/C17H23N3/c1-13-7-8-15(12-18)16(11-13)20-10-9-19-17(20)14-5-3-2-4-6-14/h2-6,9-10,13,15-16H,7-8,11-12,18H2,1H3. The fourth-order valence-electron chi connectivity index (χ4n) is 3.42. The third-order valence-electron chi connectivity index (χ3n) is 4.58. The van der Waals surface area contributed by atoms with Gasteiger partial charge >= 0.3 is 0 Å². The summed E-state index contributed by atoms with van der Waals surface area (Å²) >= 11 is 0. The van der Waals surface area contributed by atoms with E-state index in [0.29, 0.717) is 12.0 Å². The van der Waals surface area contributed by atoms with Crippen LogP contribution >= 0.6 is 0 Å². The first kappa shape index (κ1) is 13.4. The van der Waals surface area contributed by atoms with Crippen LogP contribution in [0.4, 0.5) is 0 Å². The molecule has 0 bridgehead atoms. The van der Waals surface area contributed by atoms with Crippen LogP contribution in [0.5, 0.6) is 0 Å². The van der Waals surface area contributed by atoms with Crippen LogP contribution in [0.25, 0.3) is 11.4 Å². The highest BCUT2D eigenvalue weighted by Gasteiger charge is 2.30. The van der Waals surface area contributed by atoms with Gasteiger partial charge in [-0.15, -0.1) is 0 Å². The molecule has 1 fully saturated rings. The second-order valence-corrected chi connectivity index (χ2v) is 6.01. The molecule has 2 N–H and O–H groups in total. The summed E-state index contributed by atoms with van der Waals surface area (Å²) in [7, 11) is 0. The highest BCUT2D eigenvalue weighted by atomic mass is 15.1. The molecule has 106 valence electrons. The Labute approximate surface area is 120 Å². The Morgan fingerprint density at radius 2 is 2.05 bits per heavy atom. The number of nitrogens with two attached hydrogens (primary N) is 1. The maximum atomic E-state index is 6.00. The molecule has 1 aromatic carbocycles. The van der Waals surface area contributed by atoms with Crippen LogP contribution in [0.2, 0.25) is 0 Å². The third-order valence-corrected chi connectivity index (χ3v) is 4.58. The zero-order chi connectivity index (χ0) is 13.9. The van der Waals surface area contributed by atoms with E-state index in [0.717, 1.165) is 18.3 Å². The van der Waals surface area contributed by atoms with Gasteiger partial charge in [0.05, 0.1) is 0 Å². The lowest BCUT2D eigenvalue weighted by Gasteiger charge is -2.36. The Kier molecular flexibility index (Phi) is 3.88. The van der Waals surface area contributed by atoms with Crippen molar-refractivity contribution in [3.8, 4) is 11.4 Å². The summed E-state index contributed by atoms with van der Waals surface area (Å²) in [5.41, 5.74) is 7.19. The Bertz CT molecular complexity index is 546. The molecule has 0 amide bonds. The number of rotatable bonds is 3. The van der Waals surface area contributed by atoms with Gasteiger partial charge in [-0.05, 0) is 31.2 Å². The van der Waals surface area contributed by atoms with Crippen molar-refractivity contribution < 1.29 is 0 Å². The molecule has 20 heavy (non-hydrogen) atoms. The van der Waals surface area contributed by atoms with Crippen LogP contribution in [0.15, 0.2) is 42.7 Å². The maximum Gasteiger partial charge on any atom is 0.140 e. The van der Waals surface area contributed by atoms with Gasteiger partial charge in [-0.25, -0.2) is 4.98 Å². The van der Waals surface area contributed by atoms with E-state index in [1.807, 2.05) is 12.3 Å². The number of benzene rings is 1. The third kappa shape index (κ3) is 2.50. The smallest absolute Gasteiger partial charge is 0.140 e. The maximum absolute atomic E-state index is 6.00. The number of aromatic nitrogens is 2. The molecule has 1 aliphatic carbocycles. The average Bonchev–Trinajstić information content (AvgIpc) is 2.97. The fourth-order valence-corrected chi connectivity index (χ4v) is 3.42. The van der Waals surface area contributed by atoms with Gasteiger partial charge in [0.15, 0.2) is 0 Å². The first-order valence-electron chi connectivity index (χ1n) is 7.58. The second-order valence-electron chi connectivity index (χ2n) is 6.01. The minimum Gasteiger partial charge on any atom is -0.330 e. The molecule has 3 atom stereocenters. The molecule has 1 saturated carbocycles. The number of nitrogens with zero attached hydrogens (tertiary/aromatic N) is 2. The Hall–Kier alpha value is -1.61. The van der Waals surface area contributed by atoms with Crippen LogP contribution in [0, 0.1) is 11.8 Å². The molecular weight excluding hydrogens is 246 g/mol. The average molecular weight is 269 g/mol. The first-order valence-corrected chi connectivity index (χ1v) is 7.58. The summed E-state index contributed by atoms with van der Waals surface area (Å²) in [5, 5.41) is 0. The predicted octanol–water partition coefficient (Wildman–Crippen LogP) is 3.49. The largest absolute Gasteiger partial charge is 0.330 e. The number of hydrogen-bond donors (Lipinski definition) is 1. The topological polar surface area (TPSA) is 43.8 Å². The van der Waals surface area contributed by atoms with Crippen molar-refractivity contribution in [1.82, 2.24) is 9.55 Å². The van der Waals surface area contributed by atoms with Gasteiger partial charge in [0.2, 0.25) is 0 Å². The van der Waals surface area contributed by atoms with Crippen LogP contribution in [-0.4, -0.2) is 16.1 Å². The lowest BCUT2D eigenvalue weighted by atomic mass is 9.79. The van der Waals surface area contributed by atoms with E-state index in [-0.39, 0.29) is 0 Å². The van der Waals surface area contributed by atoms with E-state index < -0.39 is 0 Å². The normalized spacial score (nSPS) is 26.6. The Morgan fingerprint density at radius 1 is 1.25 bits per heavy atom. The molecule has 2 aromatic rings. The lowest BCUT2D eigenvalue weighted by molar-refractivity contribution is 0.199. The summed E-state index contributed by atoms with van der Waals surface area (Å²) in [6.07, 6.45) is 7.77. The van der Waals surface area contributed by atoms with E-state index in [4.69, 9.17) is 5.73 Å². The molecule has 1 aromatic heterocycles. The Balaban J connectivity index is 1.96. The molecule has 0 spiro atoms. The van der Waals surface area contributed by atoms with E-state index in [9.17, 15) is 0 Å². The highest BCUT2D eigenvalue weighted by molar-refractivity contribution is 5.55. The summed E-state index contributed by atoms with van der Waals surface area (Å²) in [6.45, 7) is 3.11. The van der Waals surface area contributed by atoms with Crippen LogP contribution in [0.1, 0.15) is 32.2 Å². The van der Waals surface area contributed by atoms with Crippen molar-refractivity contribution in [1.29, 1.82) is 0 Å². The predicted molar refractivity (Wildman–Crippen MR) is 82.3 cm³/mol. The van der Waals surface area contributed by atoms with Crippen molar-refractivity contribution in [2.24, 2.45) is 17.6 Å². The lowest BCUT2D eigenvalue weighted by Crippen LogP contribution is -2.31. The quantitative estimate of drug-likeness (QED) is 0.927. The number of hydrogen-bond acceptors (Lipinski definition) is 2. The van der Waals surface area contributed by atoms with E-state index in [1.165, 1.54) is 24.8 Å². The van der Waals surface area contributed by atoms with Gasteiger partial charge in [0, 0.05) is 24.0 Å². The molecule has 3 nitrogen and oxygen atoms in total. The van der Waals surface area contributed by atoms with Crippen molar-refractivity contribution in [2.45, 2.75) is 32.2 Å². The van der Waals surface area contributed by atoms with Gasteiger partial charge in [0.25, 0.3) is 0 Å². The fraction of sp³-hybridized carbons (Fsp3) is 0.471. The summed E-state index contributed by atoms with van der Waals surface area (Å²) in [5.74, 6) is 2.42. The molecule has 0 radical (unpaired) electrons. The summed E-state index contributed by atoms with van der Waals surface area (Å²) in [6, 6.07) is 10.9. The van der Waals surface area contributed by atoms with Gasteiger partial charge < -0.3 is 10.3 Å². The van der Waals surface area contributed by atoms with E-state index >= 15 is 0 Å². The monoisotopic (exact) mass is 269 g/mol. The number of imidazole rings is 1. The first-order chi connectivity index (χ1) is 9.79. The van der Waals surface area contributed by atoms with Gasteiger partial charge in [-0.2, -0.15) is 0 Å². The van der Waals surface area contributed by atoms with Crippen molar-refractivity contribution in [3.05, 3.63) is 42.7 Å². The van der Waals surface area contributed by atoms with E-state index in [1.54, 1.807) is 0 Å².